The average molecular weight is 288 g/mol. The minimum Gasteiger partial charge on any atom is -0.311 e. The summed E-state index contributed by atoms with van der Waals surface area (Å²) < 4.78 is 1.70. The highest BCUT2D eigenvalue weighted by Crippen LogP contribution is 2.23. The second-order valence-corrected chi connectivity index (χ2v) is 11.7. The Bertz CT molecular complexity index is 313. The molecule has 0 aliphatic carbocycles. The molecule has 1 rings (SSSR count). The first-order valence-corrected chi connectivity index (χ1v) is 10.7. The molecular weight excluding hydrogens is 262 g/mol. The molecule has 0 bridgehead atoms. The van der Waals surface area contributed by atoms with Crippen LogP contribution in [0.5, 0.6) is 0 Å². The predicted molar refractivity (Wildman–Crippen MR) is 86.7 cm³/mol. The summed E-state index contributed by atoms with van der Waals surface area (Å²) in [6.45, 7) is 9.12. The van der Waals surface area contributed by atoms with Gasteiger partial charge in [0.15, 0.2) is 0 Å². The van der Waals surface area contributed by atoms with Crippen molar-refractivity contribution in [2.75, 3.05) is 12.3 Å². The number of thiol groups is 1. The molecule has 0 saturated carbocycles. The van der Waals surface area contributed by atoms with E-state index < -0.39 is 8.07 Å². The fraction of sp³-hybridized carbons (Fsp3) is 0.692. The molecule has 4 heteroatoms. The van der Waals surface area contributed by atoms with Crippen LogP contribution in [0.3, 0.4) is 0 Å². The molecule has 0 unspecified atom stereocenters. The molecule has 0 amide bonds. The third kappa shape index (κ3) is 3.84. The van der Waals surface area contributed by atoms with Gasteiger partial charge in [0.1, 0.15) is 0 Å². The summed E-state index contributed by atoms with van der Waals surface area (Å²) in [5, 5.41) is 3.42. The minimum absolute atomic E-state index is 0.912. The quantitative estimate of drug-likeness (QED) is 0.424. The third-order valence-corrected chi connectivity index (χ3v) is 11.8. The van der Waals surface area contributed by atoms with Crippen molar-refractivity contribution in [2.24, 2.45) is 0 Å². The first-order valence-electron chi connectivity index (χ1n) is 6.63. The fourth-order valence-electron chi connectivity index (χ4n) is 2.32. The molecule has 1 aromatic rings. The summed E-state index contributed by atoms with van der Waals surface area (Å²) in [4.78, 5) is 1.48. The van der Waals surface area contributed by atoms with E-state index in [4.69, 9.17) is 0 Å². The van der Waals surface area contributed by atoms with Gasteiger partial charge in [-0.2, -0.15) is 12.6 Å². The average Bonchev–Trinajstić information content (AvgIpc) is 2.82. The Balaban J connectivity index is 2.71. The van der Waals surface area contributed by atoms with E-state index in [1.165, 1.54) is 23.0 Å². The lowest BCUT2D eigenvalue weighted by atomic mass is 10.4. The minimum atomic E-state index is -1.14. The maximum atomic E-state index is 4.21. The number of hydrogen-bond acceptors (Lipinski definition) is 3. The number of hydrogen-bond donors (Lipinski definition) is 2. The molecule has 0 aromatic carbocycles. The van der Waals surface area contributed by atoms with Crippen LogP contribution in [-0.4, -0.2) is 20.4 Å². The van der Waals surface area contributed by atoms with Crippen LogP contribution < -0.4 is 9.82 Å². The van der Waals surface area contributed by atoms with E-state index in [1.807, 2.05) is 11.3 Å². The molecule has 17 heavy (non-hydrogen) atoms. The van der Waals surface area contributed by atoms with Gasteiger partial charge >= 0.3 is 0 Å². The maximum absolute atomic E-state index is 4.21. The molecule has 1 aromatic heterocycles. The first-order chi connectivity index (χ1) is 8.22. The highest BCUT2D eigenvalue weighted by molar-refractivity contribution is 7.80. The smallest absolute Gasteiger partial charge is 0.0987 e. The van der Waals surface area contributed by atoms with E-state index in [0.29, 0.717) is 0 Å². The molecule has 0 fully saturated rings. The Hall–Kier alpha value is 0.227. The Kier molecular flexibility index (Phi) is 6.85. The summed E-state index contributed by atoms with van der Waals surface area (Å²) in [6, 6.07) is 8.84. The van der Waals surface area contributed by atoms with Crippen LogP contribution in [-0.2, 0) is 6.54 Å². The summed E-state index contributed by atoms with van der Waals surface area (Å²) in [6.07, 6.45) is 0. The van der Waals surface area contributed by atoms with Gasteiger partial charge in [0, 0.05) is 23.7 Å². The largest absolute Gasteiger partial charge is 0.311 e. The van der Waals surface area contributed by atoms with Crippen molar-refractivity contribution in [3.05, 3.63) is 17.0 Å². The summed E-state index contributed by atoms with van der Waals surface area (Å²) in [5.74, 6) is 0.912. The standard InChI is InChI=1S/C13H25NS2Si/c1-4-17(5-2,6-3)13-8-7-12(16-13)11-14-9-10-15/h7-8,14-15H,4-6,9-11H2,1-3H3. The lowest BCUT2D eigenvalue weighted by Crippen LogP contribution is -2.43. The highest BCUT2D eigenvalue weighted by atomic mass is 32.1. The second-order valence-electron chi connectivity index (χ2n) is 4.51. The van der Waals surface area contributed by atoms with Crippen LogP contribution in [0.15, 0.2) is 12.1 Å². The monoisotopic (exact) mass is 287 g/mol. The van der Waals surface area contributed by atoms with E-state index in [-0.39, 0.29) is 0 Å². The van der Waals surface area contributed by atoms with Crippen LogP contribution in [0.2, 0.25) is 18.1 Å². The Morgan fingerprint density at radius 2 is 1.82 bits per heavy atom. The molecule has 0 atom stereocenters. The van der Waals surface area contributed by atoms with Crippen LogP contribution in [0.1, 0.15) is 25.6 Å². The predicted octanol–water partition coefficient (Wildman–Crippen LogP) is 3.48. The summed E-state index contributed by atoms with van der Waals surface area (Å²) in [7, 11) is -1.14. The molecule has 0 saturated heterocycles. The lowest BCUT2D eigenvalue weighted by molar-refractivity contribution is 0.742. The van der Waals surface area contributed by atoms with Gasteiger partial charge in [0.05, 0.1) is 8.07 Å². The van der Waals surface area contributed by atoms with Crippen molar-refractivity contribution in [1.82, 2.24) is 5.32 Å². The van der Waals surface area contributed by atoms with Gasteiger partial charge in [0.2, 0.25) is 0 Å². The molecule has 1 nitrogen and oxygen atoms in total. The molecular formula is C13H25NS2Si. The van der Waals surface area contributed by atoms with Crippen molar-refractivity contribution in [3.63, 3.8) is 0 Å². The van der Waals surface area contributed by atoms with E-state index in [2.05, 4.69) is 50.8 Å². The van der Waals surface area contributed by atoms with Gasteiger partial charge in [-0.05, 0) is 10.6 Å². The zero-order valence-corrected chi connectivity index (χ0v) is 14.0. The zero-order valence-electron chi connectivity index (χ0n) is 11.3. The normalized spacial score (nSPS) is 12.0. The van der Waals surface area contributed by atoms with Crippen LogP contribution in [0.4, 0.5) is 0 Å². The number of rotatable bonds is 8. The molecule has 0 aliphatic rings. The third-order valence-electron chi connectivity index (χ3n) is 3.80. The van der Waals surface area contributed by atoms with Crippen molar-refractivity contribution in [1.29, 1.82) is 0 Å². The van der Waals surface area contributed by atoms with Crippen molar-refractivity contribution in [3.8, 4) is 0 Å². The molecule has 1 N–H and O–H groups in total. The summed E-state index contributed by atoms with van der Waals surface area (Å²) in [5.41, 5.74) is 0. The SMILES string of the molecule is CC[Si](CC)(CC)c1ccc(CNCCS)s1. The van der Waals surface area contributed by atoms with E-state index in [0.717, 1.165) is 18.8 Å². The van der Waals surface area contributed by atoms with Gasteiger partial charge in [-0.25, -0.2) is 0 Å². The van der Waals surface area contributed by atoms with Crippen molar-refractivity contribution >= 4 is 36.5 Å². The molecule has 0 spiro atoms. The van der Waals surface area contributed by atoms with E-state index in [1.54, 1.807) is 4.50 Å². The van der Waals surface area contributed by atoms with Gasteiger partial charge in [0.25, 0.3) is 0 Å². The second kappa shape index (κ2) is 7.62. The topological polar surface area (TPSA) is 12.0 Å². The van der Waals surface area contributed by atoms with Gasteiger partial charge in [-0.3, -0.25) is 0 Å². The van der Waals surface area contributed by atoms with Gasteiger partial charge in [-0.15, -0.1) is 11.3 Å². The van der Waals surface area contributed by atoms with E-state index >= 15 is 0 Å². The van der Waals surface area contributed by atoms with Gasteiger partial charge in [-0.1, -0.05) is 45.0 Å². The van der Waals surface area contributed by atoms with E-state index in [9.17, 15) is 0 Å². The first kappa shape index (κ1) is 15.3. The number of thiophene rings is 1. The maximum Gasteiger partial charge on any atom is 0.0987 e. The van der Waals surface area contributed by atoms with Crippen LogP contribution >= 0.6 is 24.0 Å². The Labute approximate surface area is 116 Å². The molecule has 1 heterocycles. The van der Waals surface area contributed by atoms with Gasteiger partial charge < -0.3 is 5.32 Å². The zero-order chi connectivity index (χ0) is 12.7. The highest BCUT2D eigenvalue weighted by Gasteiger charge is 2.30. The Morgan fingerprint density at radius 3 is 2.35 bits per heavy atom. The fourth-order valence-corrected chi connectivity index (χ4v) is 8.75. The molecule has 98 valence electrons. The Morgan fingerprint density at radius 1 is 1.18 bits per heavy atom. The molecule has 0 radical (unpaired) electrons. The van der Waals surface area contributed by atoms with Crippen molar-refractivity contribution in [2.45, 2.75) is 45.4 Å². The summed E-state index contributed by atoms with van der Waals surface area (Å²) >= 11 is 6.25. The van der Waals surface area contributed by atoms with Crippen molar-refractivity contribution < 1.29 is 0 Å². The number of nitrogens with one attached hydrogen (secondary N) is 1. The lowest BCUT2D eigenvalue weighted by Gasteiger charge is -2.26. The van der Waals surface area contributed by atoms with Crippen LogP contribution in [0, 0.1) is 0 Å². The molecule has 0 aliphatic heterocycles. The van der Waals surface area contributed by atoms with Crippen LogP contribution in [0.25, 0.3) is 0 Å².